The van der Waals surface area contributed by atoms with Crippen molar-refractivity contribution in [3.05, 3.63) is 83.1 Å². The van der Waals surface area contributed by atoms with Gasteiger partial charge in [-0.1, -0.05) is 60.7 Å². The summed E-state index contributed by atoms with van der Waals surface area (Å²) < 4.78 is 0. The third kappa shape index (κ3) is 3.31. The number of nitrogens with one attached hydrogen (secondary N) is 1. The van der Waals surface area contributed by atoms with E-state index in [0.29, 0.717) is 25.1 Å². The molecule has 1 N–H and O–H groups in total. The number of carbonyl (C=O) groups excluding carboxylic acids is 2. The molecule has 2 aromatic rings. The molecule has 0 saturated carbocycles. The minimum absolute atomic E-state index is 0.0224. The van der Waals surface area contributed by atoms with Crippen molar-refractivity contribution in [3.8, 4) is 0 Å². The summed E-state index contributed by atoms with van der Waals surface area (Å²) in [6.45, 7) is 5.26. The number of hydrogen-bond donors (Lipinski definition) is 1. The predicted octanol–water partition coefficient (Wildman–Crippen LogP) is 2.91. The first kappa shape index (κ1) is 19.2. The molecule has 1 unspecified atom stereocenters. The van der Waals surface area contributed by atoms with E-state index in [1.54, 1.807) is 4.90 Å². The molecule has 4 rings (SSSR count). The number of hydrogen-bond acceptors (Lipinski definition) is 3. The van der Waals surface area contributed by atoms with Crippen molar-refractivity contribution in [1.82, 2.24) is 15.1 Å². The maximum absolute atomic E-state index is 13.4. The van der Waals surface area contributed by atoms with E-state index in [2.05, 4.69) is 5.32 Å². The van der Waals surface area contributed by atoms with Gasteiger partial charge in [-0.15, -0.1) is 0 Å². The van der Waals surface area contributed by atoms with Gasteiger partial charge in [0.1, 0.15) is 0 Å². The average molecular weight is 389 g/mol. The van der Waals surface area contributed by atoms with Gasteiger partial charge in [0.2, 0.25) is 5.91 Å². The summed E-state index contributed by atoms with van der Waals surface area (Å²) in [6, 6.07) is 19.3. The van der Waals surface area contributed by atoms with E-state index >= 15 is 0 Å². The molecule has 2 aliphatic rings. The molecule has 0 saturated heterocycles. The summed E-state index contributed by atoms with van der Waals surface area (Å²) >= 11 is 0. The summed E-state index contributed by atoms with van der Waals surface area (Å²) in [6.07, 6.45) is 0.320. The van der Waals surface area contributed by atoms with Crippen LogP contribution in [-0.2, 0) is 16.0 Å². The van der Waals surface area contributed by atoms with Gasteiger partial charge in [0, 0.05) is 25.8 Å². The predicted molar refractivity (Wildman–Crippen MR) is 113 cm³/mol. The van der Waals surface area contributed by atoms with Gasteiger partial charge in [0.25, 0.3) is 5.91 Å². The Morgan fingerprint density at radius 3 is 2.34 bits per heavy atom. The number of amides is 2. The minimum Gasteiger partial charge on any atom is -0.384 e. The van der Waals surface area contributed by atoms with Crippen molar-refractivity contribution in [2.45, 2.75) is 31.8 Å². The van der Waals surface area contributed by atoms with Crippen LogP contribution in [0.4, 0.5) is 0 Å². The van der Waals surface area contributed by atoms with Gasteiger partial charge in [0.05, 0.1) is 23.6 Å². The number of carbonyl (C=O) groups is 2. The average Bonchev–Trinajstić information content (AvgIpc) is 2.88. The zero-order valence-electron chi connectivity index (χ0n) is 17.2. The number of nitrogens with zero attached hydrogens (tertiary/aromatic N) is 2. The van der Waals surface area contributed by atoms with Crippen LogP contribution >= 0.6 is 0 Å². The van der Waals surface area contributed by atoms with E-state index in [-0.39, 0.29) is 11.8 Å². The van der Waals surface area contributed by atoms with E-state index in [4.69, 9.17) is 0 Å². The standard InChI is InChI=1S/C24H27N3O2/c1-24(2)22-20(23(29)26(24)3)21(18-12-8-5-9-13-18)27(15-14-25-22)19(28)16-17-10-6-4-7-11-17/h4-13,21,25H,14-16H2,1-3H3. The Hall–Kier alpha value is -3.08. The highest BCUT2D eigenvalue weighted by atomic mass is 16.2. The molecule has 5 heteroatoms. The van der Waals surface area contributed by atoms with Gasteiger partial charge in [-0.05, 0) is 25.0 Å². The van der Waals surface area contributed by atoms with Crippen LogP contribution in [0.2, 0.25) is 0 Å². The van der Waals surface area contributed by atoms with Gasteiger partial charge in [-0.25, -0.2) is 0 Å². The summed E-state index contributed by atoms with van der Waals surface area (Å²) in [5, 5.41) is 3.47. The first-order chi connectivity index (χ1) is 13.9. The van der Waals surface area contributed by atoms with Crippen LogP contribution in [0.3, 0.4) is 0 Å². The topological polar surface area (TPSA) is 52.7 Å². The van der Waals surface area contributed by atoms with Crippen LogP contribution < -0.4 is 5.32 Å². The molecule has 1 atom stereocenters. The SMILES string of the molecule is CN1C(=O)C2=C(NCCN(C(=O)Cc3ccccc3)C2c2ccccc2)C1(C)C. The van der Waals surface area contributed by atoms with Crippen molar-refractivity contribution in [2.75, 3.05) is 20.1 Å². The molecule has 150 valence electrons. The lowest BCUT2D eigenvalue weighted by Crippen LogP contribution is -2.46. The smallest absolute Gasteiger partial charge is 0.254 e. The molecule has 0 radical (unpaired) electrons. The highest BCUT2D eigenvalue weighted by Gasteiger charge is 2.48. The van der Waals surface area contributed by atoms with Gasteiger partial charge in [-0.3, -0.25) is 9.59 Å². The second-order valence-electron chi connectivity index (χ2n) is 8.20. The molecule has 29 heavy (non-hydrogen) atoms. The van der Waals surface area contributed by atoms with Crippen LogP contribution in [0, 0.1) is 0 Å². The van der Waals surface area contributed by atoms with Gasteiger partial charge in [-0.2, -0.15) is 0 Å². The molecular formula is C24H27N3O2. The first-order valence-electron chi connectivity index (χ1n) is 10.1. The lowest BCUT2D eigenvalue weighted by atomic mass is 9.92. The molecular weight excluding hydrogens is 362 g/mol. The van der Waals surface area contributed by atoms with Gasteiger partial charge >= 0.3 is 0 Å². The quantitative estimate of drug-likeness (QED) is 0.878. The Kier molecular flexibility index (Phi) is 4.91. The normalized spacial score (nSPS) is 20.9. The van der Waals surface area contributed by atoms with Crippen molar-refractivity contribution in [3.63, 3.8) is 0 Å². The zero-order valence-corrected chi connectivity index (χ0v) is 17.2. The largest absolute Gasteiger partial charge is 0.384 e. The van der Waals surface area contributed by atoms with Crippen LogP contribution in [0.1, 0.15) is 31.0 Å². The van der Waals surface area contributed by atoms with Crippen molar-refractivity contribution < 1.29 is 9.59 Å². The lowest BCUT2D eigenvalue weighted by Gasteiger charge is -2.33. The maximum atomic E-state index is 13.4. The molecule has 0 aliphatic carbocycles. The van der Waals surface area contributed by atoms with E-state index < -0.39 is 11.6 Å². The maximum Gasteiger partial charge on any atom is 0.254 e. The number of benzene rings is 2. The van der Waals surface area contributed by atoms with Crippen LogP contribution in [0.5, 0.6) is 0 Å². The Balaban J connectivity index is 1.79. The molecule has 0 aromatic heterocycles. The molecule has 0 spiro atoms. The zero-order chi connectivity index (χ0) is 20.6. The van der Waals surface area contributed by atoms with Crippen molar-refractivity contribution in [1.29, 1.82) is 0 Å². The Morgan fingerprint density at radius 1 is 1.07 bits per heavy atom. The highest BCUT2D eigenvalue weighted by Crippen LogP contribution is 2.42. The Bertz CT molecular complexity index is 951. The van der Waals surface area contributed by atoms with E-state index in [1.807, 2.05) is 86.5 Å². The number of rotatable bonds is 3. The first-order valence-corrected chi connectivity index (χ1v) is 10.1. The highest BCUT2D eigenvalue weighted by molar-refractivity contribution is 6.00. The summed E-state index contributed by atoms with van der Waals surface area (Å²) in [5.74, 6) is 0.00604. The van der Waals surface area contributed by atoms with Crippen LogP contribution in [0.15, 0.2) is 71.9 Å². The van der Waals surface area contributed by atoms with Crippen molar-refractivity contribution >= 4 is 11.8 Å². The molecule has 0 bridgehead atoms. The van der Waals surface area contributed by atoms with Crippen molar-refractivity contribution in [2.24, 2.45) is 0 Å². The fourth-order valence-corrected chi connectivity index (χ4v) is 4.31. The monoisotopic (exact) mass is 389 g/mol. The van der Waals surface area contributed by atoms with E-state index in [1.165, 1.54) is 0 Å². The molecule has 2 amide bonds. The molecule has 0 fully saturated rings. The molecule has 5 nitrogen and oxygen atoms in total. The third-order valence-corrected chi connectivity index (χ3v) is 6.13. The fraction of sp³-hybridized carbons (Fsp3) is 0.333. The Morgan fingerprint density at radius 2 is 1.69 bits per heavy atom. The lowest BCUT2D eigenvalue weighted by molar-refractivity contribution is -0.133. The Labute approximate surface area is 172 Å². The second-order valence-corrected chi connectivity index (χ2v) is 8.20. The molecule has 2 aliphatic heterocycles. The molecule has 2 heterocycles. The van der Waals surface area contributed by atoms with E-state index in [0.717, 1.165) is 16.8 Å². The van der Waals surface area contributed by atoms with Gasteiger partial charge < -0.3 is 15.1 Å². The van der Waals surface area contributed by atoms with Crippen LogP contribution in [-0.4, -0.2) is 47.3 Å². The van der Waals surface area contributed by atoms with Crippen LogP contribution in [0.25, 0.3) is 0 Å². The van der Waals surface area contributed by atoms with E-state index in [9.17, 15) is 9.59 Å². The molecule has 2 aromatic carbocycles. The number of likely N-dealkylation sites (N-methyl/N-ethyl adjacent to an activating group) is 1. The fourth-order valence-electron chi connectivity index (χ4n) is 4.31. The minimum atomic E-state index is -0.433. The second kappa shape index (κ2) is 7.39. The summed E-state index contributed by atoms with van der Waals surface area (Å²) in [4.78, 5) is 30.3. The third-order valence-electron chi connectivity index (χ3n) is 6.13. The summed E-state index contributed by atoms with van der Waals surface area (Å²) in [5.41, 5.74) is 3.12. The summed E-state index contributed by atoms with van der Waals surface area (Å²) in [7, 11) is 1.83. The van der Waals surface area contributed by atoms with Gasteiger partial charge in [0.15, 0.2) is 0 Å².